The number of rotatable bonds is 9. The molecule has 2 aliphatic carbocycles. The Kier molecular flexibility index (Phi) is 10.9. The molecule has 2 saturated carbocycles. The summed E-state index contributed by atoms with van der Waals surface area (Å²) in [6.45, 7) is 4.00. The Bertz CT molecular complexity index is 2590. The van der Waals surface area contributed by atoms with E-state index in [1.165, 1.54) is 12.1 Å². The van der Waals surface area contributed by atoms with E-state index in [0.29, 0.717) is 23.5 Å². The van der Waals surface area contributed by atoms with Gasteiger partial charge in [-0.3, -0.25) is 0 Å². The number of carbonyl (C=O) groups is 2. The van der Waals surface area contributed by atoms with Crippen LogP contribution in [0, 0.1) is 5.82 Å². The van der Waals surface area contributed by atoms with E-state index in [-0.39, 0.29) is 16.9 Å². The molecule has 2 fully saturated rings. The number of anilines is 4. The Morgan fingerprint density at radius 1 is 0.696 bits per heavy atom. The summed E-state index contributed by atoms with van der Waals surface area (Å²) in [5, 5.41) is 27.6. The zero-order valence-corrected chi connectivity index (χ0v) is 33.1. The average molecular weight is 818 g/mol. The van der Waals surface area contributed by atoms with E-state index in [9.17, 15) is 24.2 Å². The summed E-state index contributed by atoms with van der Waals surface area (Å²) < 4.78 is 18.4. The molecule has 4 heterocycles. The molecule has 12 heteroatoms. The van der Waals surface area contributed by atoms with Gasteiger partial charge in [-0.05, 0) is 131 Å². The van der Waals surface area contributed by atoms with Crippen molar-refractivity contribution in [1.82, 2.24) is 19.1 Å². The molecular formula is C44H42BrFN6O4. The summed E-state index contributed by atoms with van der Waals surface area (Å²) in [6.07, 6.45) is 11.9. The van der Waals surface area contributed by atoms with Crippen LogP contribution in [0.15, 0.2) is 102 Å². The standard InChI is InChI=1S/C24H20FN3O2.C18H16BrN3O2.C2H6/c1-28-9-8-16-10-19(12-20(22(16)28)15-4-6-18(25)7-5-15)27-23-21(24(29)30)11-17(13-26-23)14-2-3-14;1-22-5-4-11-6-13(8-15(19)16(11)22)21-17-14(18(23)24)7-12(9-20-17)10-2-3-10;1-2/h4-14H,2-3H2,1H3,(H,26,27)(H,29,30);4-10H,2-3H2,1H3,(H,20,21)(H,23,24);1-2H3. The molecule has 0 spiro atoms. The van der Waals surface area contributed by atoms with Gasteiger partial charge in [0.1, 0.15) is 28.6 Å². The second-order valence-electron chi connectivity index (χ2n) is 14.0. The first-order valence-electron chi connectivity index (χ1n) is 18.6. The lowest BCUT2D eigenvalue weighted by Gasteiger charge is -2.13. The van der Waals surface area contributed by atoms with Crippen LogP contribution in [-0.2, 0) is 14.1 Å². The molecule has 3 aromatic carbocycles. The number of aromatic carboxylic acids is 2. The van der Waals surface area contributed by atoms with Gasteiger partial charge in [-0.15, -0.1) is 0 Å². The Labute approximate surface area is 332 Å². The number of pyridine rings is 2. The fraction of sp³-hybridized carbons (Fsp3) is 0.227. The van der Waals surface area contributed by atoms with Crippen LogP contribution >= 0.6 is 15.9 Å². The monoisotopic (exact) mass is 816 g/mol. The molecule has 0 atom stereocenters. The number of hydrogen-bond donors (Lipinski definition) is 4. The highest BCUT2D eigenvalue weighted by Gasteiger charge is 2.27. The van der Waals surface area contributed by atoms with E-state index in [2.05, 4.69) is 36.5 Å². The highest BCUT2D eigenvalue weighted by molar-refractivity contribution is 9.10. The number of nitrogens with zero attached hydrogens (tertiary/aromatic N) is 4. The number of benzene rings is 3. The second-order valence-corrected chi connectivity index (χ2v) is 14.8. The molecule has 286 valence electrons. The summed E-state index contributed by atoms with van der Waals surface area (Å²) in [5.41, 5.74) is 7.80. The van der Waals surface area contributed by atoms with Crippen LogP contribution in [-0.4, -0.2) is 41.3 Å². The highest BCUT2D eigenvalue weighted by Crippen LogP contribution is 2.42. The van der Waals surface area contributed by atoms with E-state index in [0.717, 1.165) is 85.6 Å². The number of nitrogens with one attached hydrogen (secondary N) is 2. The van der Waals surface area contributed by atoms with Crippen molar-refractivity contribution >= 4 is 72.7 Å². The van der Waals surface area contributed by atoms with Crippen molar-refractivity contribution in [2.45, 2.75) is 51.4 Å². The van der Waals surface area contributed by atoms with Gasteiger partial charge < -0.3 is 30.0 Å². The predicted octanol–water partition coefficient (Wildman–Crippen LogP) is 11.4. The SMILES string of the molecule is CC.Cn1ccc2cc(Nc3ncc(C4CC4)cc3C(=O)O)cc(-c3ccc(F)cc3)c21.Cn1ccc2cc(Nc3ncc(C4CC4)cc3C(=O)O)cc(Br)c21. The number of aryl methyl sites for hydroxylation is 2. The van der Waals surface area contributed by atoms with Crippen molar-refractivity contribution < 1.29 is 24.2 Å². The van der Waals surface area contributed by atoms with E-state index in [4.69, 9.17) is 0 Å². The minimum atomic E-state index is -1.01. The Morgan fingerprint density at radius 3 is 1.64 bits per heavy atom. The quantitative estimate of drug-likeness (QED) is 0.113. The average Bonchev–Trinajstić information content (AvgIpc) is 4.13. The number of carboxylic acids is 2. The molecule has 4 aromatic heterocycles. The third-order valence-electron chi connectivity index (χ3n) is 9.95. The summed E-state index contributed by atoms with van der Waals surface area (Å²) in [4.78, 5) is 32.2. The van der Waals surface area contributed by atoms with Crippen LogP contribution in [0.2, 0.25) is 0 Å². The molecule has 0 amide bonds. The van der Waals surface area contributed by atoms with E-state index >= 15 is 0 Å². The van der Waals surface area contributed by atoms with Crippen molar-refractivity contribution in [3.8, 4) is 11.1 Å². The van der Waals surface area contributed by atoms with Gasteiger partial charge >= 0.3 is 11.9 Å². The Morgan fingerprint density at radius 2 is 1.16 bits per heavy atom. The maximum absolute atomic E-state index is 13.4. The lowest BCUT2D eigenvalue weighted by atomic mass is 10.0. The van der Waals surface area contributed by atoms with Gasteiger partial charge in [0, 0.05) is 71.1 Å². The van der Waals surface area contributed by atoms with Crippen LogP contribution < -0.4 is 10.6 Å². The largest absolute Gasteiger partial charge is 0.478 e. The van der Waals surface area contributed by atoms with Gasteiger partial charge in [-0.2, -0.15) is 0 Å². The fourth-order valence-electron chi connectivity index (χ4n) is 6.86. The maximum atomic E-state index is 13.4. The van der Waals surface area contributed by atoms with Gasteiger partial charge in [0.2, 0.25) is 0 Å². The minimum absolute atomic E-state index is 0.163. The van der Waals surface area contributed by atoms with Crippen molar-refractivity contribution in [1.29, 1.82) is 0 Å². The molecule has 2 aliphatic rings. The van der Waals surface area contributed by atoms with E-state index in [1.807, 2.05) is 85.9 Å². The molecule has 7 aromatic rings. The molecule has 56 heavy (non-hydrogen) atoms. The van der Waals surface area contributed by atoms with E-state index in [1.54, 1.807) is 36.7 Å². The van der Waals surface area contributed by atoms with Crippen molar-refractivity contribution in [3.63, 3.8) is 0 Å². The second kappa shape index (κ2) is 16.0. The van der Waals surface area contributed by atoms with Gasteiger partial charge in [-0.1, -0.05) is 26.0 Å². The van der Waals surface area contributed by atoms with Gasteiger partial charge in [0.05, 0.1) is 11.0 Å². The zero-order valence-electron chi connectivity index (χ0n) is 31.5. The minimum Gasteiger partial charge on any atom is -0.478 e. The molecule has 9 rings (SSSR count). The van der Waals surface area contributed by atoms with Crippen LogP contribution in [0.4, 0.5) is 27.4 Å². The van der Waals surface area contributed by atoms with Crippen molar-refractivity contribution in [3.05, 3.63) is 130 Å². The normalized spacial score (nSPS) is 13.4. The third kappa shape index (κ3) is 8.16. The number of aromatic nitrogens is 4. The molecule has 0 radical (unpaired) electrons. The summed E-state index contributed by atoms with van der Waals surface area (Å²) >= 11 is 3.58. The first-order valence-corrected chi connectivity index (χ1v) is 19.4. The molecule has 4 N–H and O–H groups in total. The Hall–Kier alpha value is -6.01. The number of halogens is 2. The molecule has 0 bridgehead atoms. The molecule has 0 saturated heterocycles. The van der Waals surface area contributed by atoms with Crippen LogP contribution in [0.1, 0.15) is 83.2 Å². The number of fused-ring (bicyclic) bond motifs is 2. The lowest BCUT2D eigenvalue weighted by molar-refractivity contribution is 0.0686. The van der Waals surface area contributed by atoms with Crippen molar-refractivity contribution in [2.75, 3.05) is 10.6 Å². The topological polar surface area (TPSA) is 134 Å². The lowest BCUT2D eigenvalue weighted by Crippen LogP contribution is -2.06. The smallest absolute Gasteiger partial charge is 0.339 e. The zero-order chi connectivity index (χ0) is 39.7. The predicted molar refractivity (Wildman–Crippen MR) is 223 cm³/mol. The van der Waals surface area contributed by atoms with Gasteiger partial charge in [0.15, 0.2) is 0 Å². The van der Waals surface area contributed by atoms with E-state index < -0.39 is 11.9 Å². The molecular weight excluding hydrogens is 775 g/mol. The fourth-order valence-corrected chi connectivity index (χ4v) is 7.62. The first kappa shape index (κ1) is 38.3. The Balaban J connectivity index is 0.000000168. The first-order chi connectivity index (χ1) is 27.0. The van der Waals surface area contributed by atoms with Gasteiger partial charge in [0.25, 0.3) is 0 Å². The maximum Gasteiger partial charge on any atom is 0.339 e. The van der Waals surface area contributed by atoms with Crippen LogP contribution in [0.3, 0.4) is 0 Å². The highest BCUT2D eigenvalue weighted by atomic mass is 79.9. The molecule has 0 unspecified atom stereocenters. The summed E-state index contributed by atoms with van der Waals surface area (Å²) in [6, 6.07) is 21.7. The molecule has 0 aliphatic heterocycles. The van der Waals surface area contributed by atoms with Crippen molar-refractivity contribution in [2.24, 2.45) is 14.1 Å². The third-order valence-corrected chi connectivity index (χ3v) is 10.6. The van der Waals surface area contributed by atoms with Gasteiger partial charge in [-0.25, -0.2) is 23.9 Å². The number of carboxylic acid groups (broad SMARTS) is 2. The van der Waals surface area contributed by atoms with Crippen LogP contribution in [0.5, 0.6) is 0 Å². The van der Waals surface area contributed by atoms with Crippen LogP contribution in [0.25, 0.3) is 32.9 Å². The summed E-state index contributed by atoms with van der Waals surface area (Å²) in [7, 11) is 3.95. The number of hydrogen-bond acceptors (Lipinski definition) is 6. The molecule has 10 nitrogen and oxygen atoms in total. The summed E-state index contributed by atoms with van der Waals surface area (Å²) in [5.74, 6) is -0.683.